The molecule has 0 spiro atoms. The van der Waals surface area contributed by atoms with E-state index in [2.05, 4.69) is 10.0 Å². The maximum absolute atomic E-state index is 12.9. The lowest BCUT2D eigenvalue weighted by Gasteiger charge is -2.25. The van der Waals surface area contributed by atoms with Crippen molar-refractivity contribution in [3.8, 4) is 0 Å². The van der Waals surface area contributed by atoms with E-state index < -0.39 is 15.4 Å². The summed E-state index contributed by atoms with van der Waals surface area (Å²) in [6.07, 6.45) is 7.47. The third-order valence-electron chi connectivity index (χ3n) is 6.11. The largest absolute Gasteiger partial charge is 0.353 e. The summed E-state index contributed by atoms with van der Waals surface area (Å²) in [4.78, 5) is 13.1. The molecule has 0 atom stereocenters. The molecule has 0 radical (unpaired) electrons. The van der Waals surface area contributed by atoms with Gasteiger partial charge in [0.15, 0.2) is 0 Å². The highest BCUT2D eigenvalue weighted by Gasteiger charge is 2.51. The second-order valence-corrected chi connectivity index (χ2v) is 10.1. The van der Waals surface area contributed by atoms with Gasteiger partial charge in [-0.15, -0.1) is 0 Å². The maximum Gasteiger partial charge on any atom is 0.261 e. The summed E-state index contributed by atoms with van der Waals surface area (Å²) in [6.45, 7) is 1.86. The number of hydrogen-bond acceptors (Lipinski definition) is 3. The van der Waals surface area contributed by atoms with Crippen molar-refractivity contribution in [2.24, 2.45) is 0 Å². The Morgan fingerprint density at radius 3 is 2.31 bits per heavy atom. The molecule has 2 N–H and O–H groups in total. The summed E-state index contributed by atoms with van der Waals surface area (Å²) in [6, 6.07) is 14.4. The monoisotopic (exact) mass is 412 g/mol. The number of carbonyl (C=O) groups is 1. The van der Waals surface area contributed by atoms with Gasteiger partial charge in [-0.1, -0.05) is 43.5 Å². The number of nitrogens with one attached hydrogen (secondary N) is 2. The fraction of sp³-hybridized carbons (Fsp3) is 0.435. The van der Waals surface area contributed by atoms with Crippen LogP contribution in [-0.4, -0.2) is 20.4 Å². The van der Waals surface area contributed by atoms with Crippen LogP contribution in [0.2, 0.25) is 0 Å². The van der Waals surface area contributed by atoms with Crippen LogP contribution in [-0.2, 0) is 20.2 Å². The van der Waals surface area contributed by atoms with Crippen LogP contribution in [0.3, 0.4) is 0 Å². The van der Waals surface area contributed by atoms with E-state index in [0.717, 1.165) is 36.8 Å². The number of aryl methyl sites for hydroxylation is 1. The highest BCUT2D eigenvalue weighted by molar-refractivity contribution is 7.92. The Labute approximate surface area is 173 Å². The van der Waals surface area contributed by atoms with Crippen molar-refractivity contribution in [1.29, 1.82) is 0 Å². The van der Waals surface area contributed by atoms with Crippen LogP contribution in [0.15, 0.2) is 53.4 Å². The first kappa shape index (κ1) is 20.0. The van der Waals surface area contributed by atoms with E-state index >= 15 is 0 Å². The number of amides is 1. The van der Waals surface area contributed by atoms with Gasteiger partial charge in [-0.25, -0.2) is 8.42 Å². The SMILES string of the molecule is Cc1cccc(S(=O)(=O)Nc2ccc(C3(C(=O)NC4CCCCC4)CC3)cc2)c1. The molecule has 2 fully saturated rings. The van der Waals surface area contributed by atoms with Crippen LogP contribution in [0, 0.1) is 6.92 Å². The summed E-state index contributed by atoms with van der Waals surface area (Å²) >= 11 is 0. The van der Waals surface area contributed by atoms with Crippen molar-refractivity contribution in [2.45, 2.75) is 68.2 Å². The minimum Gasteiger partial charge on any atom is -0.353 e. The Morgan fingerprint density at radius 1 is 1.00 bits per heavy atom. The highest BCUT2D eigenvalue weighted by atomic mass is 32.2. The molecule has 4 rings (SSSR count). The van der Waals surface area contributed by atoms with Crippen molar-refractivity contribution in [2.75, 3.05) is 4.72 Å². The molecule has 0 heterocycles. The highest BCUT2D eigenvalue weighted by Crippen LogP contribution is 2.48. The first-order valence-corrected chi connectivity index (χ1v) is 11.9. The molecule has 0 aromatic heterocycles. The van der Waals surface area contributed by atoms with E-state index in [1.807, 2.05) is 25.1 Å². The van der Waals surface area contributed by atoms with Crippen LogP contribution in [0.1, 0.15) is 56.1 Å². The first-order chi connectivity index (χ1) is 13.9. The Morgan fingerprint density at radius 2 is 1.69 bits per heavy atom. The minimum absolute atomic E-state index is 0.123. The molecule has 0 saturated heterocycles. The van der Waals surface area contributed by atoms with Crippen LogP contribution < -0.4 is 10.0 Å². The number of benzene rings is 2. The van der Waals surface area contributed by atoms with E-state index in [9.17, 15) is 13.2 Å². The Bertz CT molecular complexity index is 989. The third-order valence-corrected chi connectivity index (χ3v) is 7.49. The predicted molar refractivity (Wildman–Crippen MR) is 114 cm³/mol. The zero-order valence-corrected chi connectivity index (χ0v) is 17.6. The first-order valence-electron chi connectivity index (χ1n) is 10.4. The maximum atomic E-state index is 12.9. The average molecular weight is 413 g/mol. The summed E-state index contributed by atoms with van der Waals surface area (Å²) in [5.74, 6) is 0.123. The zero-order chi connectivity index (χ0) is 20.5. The van der Waals surface area contributed by atoms with Gasteiger partial charge in [-0.05, 0) is 68.0 Å². The molecule has 0 bridgehead atoms. The van der Waals surface area contributed by atoms with Crippen molar-refractivity contribution in [3.05, 3.63) is 59.7 Å². The molecule has 2 aliphatic carbocycles. The van der Waals surface area contributed by atoms with Crippen LogP contribution in [0.25, 0.3) is 0 Å². The Hall–Kier alpha value is -2.34. The van der Waals surface area contributed by atoms with Gasteiger partial charge >= 0.3 is 0 Å². The molecule has 154 valence electrons. The average Bonchev–Trinajstić information content (AvgIpc) is 3.51. The molecule has 29 heavy (non-hydrogen) atoms. The smallest absolute Gasteiger partial charge is 0.261 e. The molecular weight excluding hydrogens is 384 g/mol. The number of carbonyl (C=O) groups excluding carboxylic acids is 1. The summed E-state index contributed by atoms with van der Waals surface area (Å²) in [5.41, 5.74) is 1.91. The molecule has 2 aromatic carbocycles. The number of sulfonamides is 1. The molecule has 0 unspecified atom stereocenters. The quantitative estimate of drug-likeness (QED) is 0.744. The second-order valence-electron chi connectivity index (χ2n) is 8.39. The van der Waals surface area contributed by atoms with Gasteiger partial charge < -0.3 is 5.32 Å². The Kier molecular flexibility index (Phi) is 5.38. The molecule has 6 heteroatoms. The standard InChI is InChI=1S/C23H28N2O3S/c1-17-6-5-9-21(16-17)29(27,28)25-20-12-10-18(11-13-20)23(14-15-23)22(26)24-19-7-3-2-4-8-19/h5-6,9-13,16,19,25H,2-4,7-8,14-15H2,1H3,(H,24,26). The number of hydrogen-bond donors (Lipinski definition) is 2. The topological polar surface area (TPSA) is 75.3 Å². The van der Waals surface area contributed by atoms with E-state index in [-0.39, 0.29) is 10.8 Å². The predicted octanol–water partition coefficient (Wildman–Crippen LogP) is 4.28. The van der Waals surface area contributed by atoms with Gasteiger partial charge in [0, 0.05) is 11.7 Å². The van der Waals surface area contributed by atoms with E-state index in [4.69, 9.17) is 0 Å². The fourth-order valence-corrected chi connectivity index (χ4v) is 5.36. The van der Waals surface area contributed by atoms with Crippen molar-refractivity contribution < 1.29 is 13.2 Å². The lowest BCUT2D eigenvalue weighted by molar-refractivity contribution is -0.124. The lowest BCUT2D eigenvalue weighted by atomic mass is 9.91. The van der Waals surface area contributed by atoms with Crippen LogP contribution >= 0.6 is 0 Å². The van der Waals surface area contributed by atoms with Crippen molar-refractivity contribution in [3.63, 3.8) is 0 Å². The third kappa shape index (κ3) is 4.32. The normalized spacial score (nSPS) is 18.8. The summed E-state index contributed by atoms with van der Waals surface area (Å²) in [7, 11) is -3.63. The summed E-state index contributed by atoms with van der Waals surface area (Å²) < 4.78 is 27.8. The van der Waals surface area contributed by atoms with E-state index in [1.54, 1.807) is 30.3 Å². The molecular formula is C23H28N2O3S. The Balaban J connectivity index is 1.45. The molecule has 1 amide bonds. The van der Waals surface area contributed by atoms with Crippen LogP contribution in [0.4, 0.5) is 5.69 Å². The fourth-order valence-electron chi connectivity index (χ4n) is 4.20. The van der Waals surface area contributed by atoms with Gasteiger partial charge in [0.2, 0.25) is 5.91 Å². The zero-order valence-electron chi connectivity index (χ0n) is 16.8. The number of anilines is 1. The van der Waals surface area contributed by atoms with Gasteiger partial charge in [0.25, 0.3) is 10.0 Å². The lowest BCUT2D eigenvalue weighted by Crippen LogP contribution is -2.42. The number of rotatable bonds is 6. The molecule has 0 aliphatic heterocycles. The van der Waals surface area contributed by atoms with Crippen molar-refractivity contribution >= 4 is 21.6 Å². The van der Waals surface area contributed by atoms with Crippen molar-refractivity contribution in [1.82, 2.24) is 5.32 Å². The molecule has 5 nitrogen and oxygen atoms in total. The van der Waals surface area contributed by atoms with E-state index in [0.29, 0.717) is 11.7 Å². The summed E-state index contributed by atoms with van der Waals surface area (Å²) in [5, 5.41) is 3.25. The second kappa shape index (κ2) is 7.82. The molecule has 2 aromatic rings. The molecule has 2 saturated carbocycles. The molecule has 2 aliphatic rings. The minimum atomic E-state index is -3.63. The van der Waals surface area contributed by atoms with Crippen LogP contribution in [0.5, 0.6) is 0 Å². The van der Waals surface area contributed by atoms with Gasteiger partial charge in [0.1, 0.15) is 0 Å². The van der Waals surface area contributed by atoms with Gasteiger partial charge in [-0.2, -0.15) is 0 Å². The van der Waals surface area contributed by atoms with Gasteiger partial charge in [0.05, 0.1) is 10.3 Å². The van der Waals surface area contributed by atoms with E-state index in [1.165, 1.54) is 19.3 Å². The van der Waals surface area contributed by atoms with Gasteiger partial charge in [-0.3, -0.25) is 9.52 Å².